The highest BCUT2D eigenvalue weighted by atomic mass is 32.2. The van der Waals surface area contributed by atoms with E-state index in [1.165, 1.54) is 36.4 Å². The van der Waals surface area contributed by atoms with Crippen LogP contribution in [0.25, 0.3) is 11.5 Å². The fourth-order valence-corrected chi connectivity index (χ4v) is 8.37. The summed E-state index contributed by atoms with van der Waals surface area (Å²) < 4.78 is 29.2. The maximum Gasteiger partial charge on any atom is 0.249 e. The van der Waals surface area contributed by atoms with Gasteiger partial charge in [-0.1, -0.05) is 24.3 Å². The molecular weight excluding hydrogens is 513 g/mol. The van der Waals surface area contributed by atoms with E-state index in [0.717, 1.165) is 9.79 Å². The fraction of sp³-hybridized carbons (Fsp3) is 0.261. The number of Topliss-reactive ketones (excluding diaryl/α,β-unsaturated/α-hetero) is 1. The van der Waals surface area contributed by atoms with Crippen molar-refractivity contribution in [3.63, 3.8) is 0 Å². The zero-order chi connectivity index (χ0) is 24.7. The lowest BCUT2D eigenvalue weighted by atomic mass is 10.0. The maximum absolute atomic E-state index is 14.0. The molecule has 4 atom stereocenters. The molecule has 0 radical (unpaired) electrons. The number of nitrogens with zero attached hydrogens (tertiary/aromatic N) is 2. The first-order valence-electron chi connectivity index (χ1n) is 10.2. The number of hydrogen-bond donors (Lipinski definition) is 2. The van der Waals surface area contributed by atoms with Crippen LogP contribution in [-0.2, 0) is 27.1 Å². The van der Waals surface area contributed by atoms with Crippen LogP contribution in [0.3, 0.4) is 0 Å². The average Bonchev–Trinajstić information content (AvgIpc) is 2.78. The number of aliphatic hydroxyl groups is 2. The Morgan fingerprint density at radius 2 is 1.15 bits per heavy atom. The predicted molar refractivity (Wildman–Crippen MR) is 140 cm³/mol. The normalized spacial score (nSPS) is 19.4. The summed E-state index contributed by atoms with van der Waals surface area (Å²) in [5.41, 5.74) is 1.46. The van der Waals surface area contributed by atoms with Crippen LogP contribution in [0, 0.1) is 0 Å². The van der Waals surface area contributed by atoms with E-state index in [9.17, 15) is 24.1 Å². The molecule has 0 aromatic heterocycles. The van der Waals surface area contributed by atoms with E-state index in [0.29, 0.717) is 11.1 Å². The van der Waals surface area contributed by atoms with Gasteiger partial charge in [0.05, 0.1) is 12.5 Å². The van der Waals surface area contributed by atoms with Gasteiger partial charge >= 0.3 is 0 Å². The molecular formula is C23H24N2O5S4. The summed E-state index contributed by atoms with van der Waals surface area (Å²) in [6.45, 7) is 0. The van der Waals surface area contributed by atoms with E-state index in [2.05, 4.69) is 0 Å². The Bertz CT molecular complexity index is 1090. The van der Waals surface area contributed by atoms with Gasteiger partial charge in [-0.3, -0.25) is 4.79 Å². The SMILES string of the molecule is CN1Sc2ccccc2C(O)=C1C(C(=O)C(C1=C(O)c2ccccc2SN1C)[S+](C)[O-])[S+](C)[O-]. The Hall–Kier alpha value is -1.89. The molecule has 0 aliphatic carbocycles. The second kappa shape index (κ2) is 10.00. The standard InChI is InChI=1S/C23H24N2O5S4/c1-24-17(19(26)13-9-5-7-11-15(13)31-24)22(33(3)29)21(28)23(34(4)30)18-20(27)14-10-6-8-12-16(14)32-25(18)2/h5-12,22-23,26-27H,1-4H3. The predicted octanol–water partition coefficient (Wildman–Crippen LogP) is 3.81. The van der Waals surface area contributed by atoms with Crippen molar-refractivity contribution in [3.05, 3.63) is 71.1 Å². The number of carbonyl (C=O) groups is 1. The number of rotatable bonds is 6. The molecule has 2 aliphatic heterocycles. The summed E-state index contributed by atoms with van der Waals surface area (Å²) in [6, 6.07) is 14.4. The van der Waals surface area contributed by atoms with Crippen LogP contribution < -0.4 is 0 Å². The van der Waals surface area contributed by atoms with Crippen LogP contribution in [-0.4, -0.2) is 70.8 Å². The van der Waals surface area contributed by atoms with Gasteiger partial charge in [-0.2, -0.15) is 0 Å². The molecule has 0 saturated heterocycles. The Morgan fingerprint density at radius 1 is 0.794 bits per heavy atom. The highest BCUT2D eigenvalue weighted by Crippen LogP contribution is 2.44. The molecule has 7 nitrogen and oxygen atoms in total. The quantitative estimate of drug-likeness (QED) is 0.421. The summed E-state index contributed by atoms with van der Waals surface area (Å²) >= 11 is -0.867. The second-order valence-corrected chi connectivity index (χ2v) is 13.1. The van der Waals surface area contributed by atoms with Gasteiger partial charge in [0.25, 0.3) is 0 Å². The number of ketones is 1. The van der Waals surface area contributed by atoms with Crippen molar-refractivity contribution in [2.24, 2.45) is 0 Å². The van der Waals surface area contributed by atoms with Crippen molar-refractivity contribution in [1.82, 2.24) is 8.61 Å². The third-order valence-corrected chi connectivity index (χ3v) is 9.88. The van der Waals surface area contributed by atoms with Crippen molar-refractivity contribution >= 4 is 63.5 Å². The lowest BCUT2D eigenvalue weighted by molar-refractivity contribution is -0.117. The molecule has 0 amide bonds. The van der Waals surface area contributed by atoms with Crippen molar-refractivity contribution in [3.8, 4) is 0 Å². The first kappa shape index (κ1) is 25.2. The number of aliphatic hydroxyl groups excluding tert-OH is 2. The van der Waals surface area contributed by atoms with E-state index in [4.69, 9.17) is 0 Å². The van der Waals surface area contributed by atoms with E-state index in [1.807, 2.05) is 24.3 Å². The van der Waals surface area contributed by atoms with Gasteiger partial charge in [-0.05, 0) is 70.5 Å². The minimum absolute atomic E-state index is 0.138. The first-order valence-corrected chi connectivity index (χ1v) is 15.0. The van der Waals surface area contributed by atoms with Crippen LogP contribution in [0.4, 0.5) is 0 Å². The Labute approximate surface area is 213 Å². The van der Waals surface area contributed by atoms with Crippen molar-refractivity contribution < 1.29 is 24.1 Å². The molecule has 0 bridgehead atoms. The molecule has 2 aromatic carbocycles. The van der Waals surface area contributed by atoms with E-state index >= 15 is 0 Å². The van der Waals surface area contributed by atoms with Crippen molar-refractivity contribution in [2.75, 3.05) is 26.6 Å². The number of hydrogen-bond acceptors (Lipinski definition) is 9. The van der Waals surface area contributed by atoms with Crippen molar-refractivity contribution in [1.29, 1.82) is 0 Å². The number of fused-ring (bicyclic) bond motifs is 2. The second-order valence-electron chi connectivity index (χ2n) is 7.80. The van der Waals surface area contributed by atoms with Gasteiger partial charge in [0, 0.05) is 35.0 Å². The van der Waals surface area contributed by atoms with Gasteiger partial charge in [0.15, 0.2) is 0 Å². The van der Waals surface area contributed by atoms with Crippen LogP contribution in [0.1, 0.15) is 11.1 Å². The molecule has 0 saturated carbocycles. The largest absolute Gasteiger partial charge is 0.616 e. The highest BCUT2D eigenvalue weighted by molar-refractivity contribution is 7.98. The van der Waals surface area contributed by atoms with Gasteiger partial charge in [-0.25, -0.2) is 0 Å². The summed E-state index contributed by atoms with van der Waals surface area (Å²) in [5.74, 6) is -0.870. The third kappa shape index (κ3) is 4.40. The van der Waals surface area contributed by atoms with E-state index in [-0.39, 0.29) is 22.9 Å². The topological polar surface area (TPSA) is 110 Å². The van der Waals surface area contributed by atoms with Gasteiger partial charge < -0.3 is 27.9 Å². The molecule has 180 valence electrons. The first-order chi connectivity index (χ1) is 16.1. The molecule has 11 heteroatoms. The van der Waals surface area contributed by atoms with Crippen molar-refractivity contribution in [2.45, 2.75) is 20.3 Å². The lowest BCUT2D eigenvalue weighted by Gasteiger charge is -2.36. The molecule has 0 fully saturated rings. The molecule has 2 aliphatic rings. The van der Waals surface area contributed by atoms with Crippen LogP contribution in [0.2, 0.25) is 0 Å². The van der Waals surface area contributed by atoms with Gasteiger partial charge in [-0.15, -0.1) is 0 Å². The molecule has 2 aromatic rings. The average molecular weight is 537 g/mol. The van der Waals surface area contributed by atoms with E-state index < -0.39 is 38.6 Å². The van der Waals surface area contributed by atoms with Gasteiger partial charge in [0.1, 0.15) is 22.9 Å². The Kier molecular flexibility index (Phi) is 7.41. The summed E-state index contributed by atoms with van der Waals surface area (Å²) in [7, 11) is 3.37. The van der Waals surface area contributed by atoms with Gasteiger partial charge in [0.2, 0.25) is 16.3 Å². The Morgan fingerprint density at radius 3 is 1.50 bits per heavy atom. The minimum Gasteiger partial charge on any atom is -0.616 e. The van der Waals surface area contributed by atoms with Crippen LogP contribution in [0.5, 0.6) is 0 Å². The zero-order valence-electron chi connectivity index (χ0n) is 18.9. The molecule has 34 heavy (non-hydrogen) atoms. The fourth-order valence-electron chi connectivity index (χ4n) is 4.08. The summed E-state index contributed by atoms with van der Waals surface area (Å²) in [5, 5.41) is 19.7. The summed E-state index contributed by atoms with van der Waals surface area (Å²) in [6.07, 6.45) is 2.78. The lowest BCUT2D eigenvalue weighted by Crippen LogP contribution is -2.48. The zero-order valence-corrected chi connectivity index (χ0v) is 22.2. The third-order valence-electron chi connectivity index (χ3n) is 5.60. The molecule has 2 N–H and O–H groups in total. The molecule has 0 spiro atoms. The minimum atomic E-state index is -1.74. The smallest absolute Gasteiger partial charge is 0.249 e. The summed E-state index contributed by atoms with van der Waals surface area (Å²) in [4.78, 5) is 15.6. The van der Waals surface area contributed by atoms with Crippen LogP contribution >= 0.6 is 23.9 Å². The number of carbonyl (C=O) groups excluding carboxylic acids is 1. The van der Waals surface area contributed by atoms with Crippen LogP contribution in [0.15, 0.2) is 69.7 Å². The van der Waals surface area contributed by atoms with E-state index in [1.54, 1.807) is 47.0 Å². The molecule has 2 heterocycles. The Balaban J connectivity index is 1.84. The highest BCUT2D eigenvalue weighted by Gasteiger charge is 2.49. The maximum atomic E-state index is 14.0. The molecule has 4 rings (SSSR count). The number of benzene rings is 2. The monoisotopic (exact) mass is 536 g/mol. The molecule has 4 unspecified atom stereocenters.